The lowest BCUT2D eigenvalue weighted by atomic mass is 10.1. The highest BCUT2D eigenvalue weighted by Crippen LogP contribution is 2.20. The predicted octanol–water partition coefficient (Wildman–Crippen LogP) is 4.60. The van der Waals surface area contributed by atoms with Crippen molar-refractivity contribution in [3.63, 3.8) is 0 Å². The highest BCUT2D eigenvalue weighted by Gasteiger charge is 2.33. The third kappa shape index (κ3) is 7.26. The zero-order chi connectivity index (χ0) is 21.1. The second-order valence-electron chi connectivity index (χ2n) is 5.88. The van der Waals surface area contributed by atoms with Crippen LogP contribution in [0.4, 0.5) is 0 Å². The number of carbonyl (C=O) groups excluding carboxylic acids is 2. The number of hydrogen-bond acceptors (Lipinski definition) is 5. The monoisotopic (exact) mass is 448 g/mol. The van der Waals surface area contributed by atoms with E-state index in [1.54, 1.807) is 12.1 Å². The van der Waals surface area contributed by atoms with E-state index in [1.165, 1.54) is 17.7 Å². The molecule has 4 rings (SSSR count). The Morgan fingerprint density at radius 3 is 1.53 bits per heavy atom. The van der Waals surface area contributed by atoms with Gasteiger partial charge in [-0.3, -0.25) is 19.6 Å². The minimum Gasteiger partial charge on any atom is -0.300 e. The third-order valence-electron chi connectivity index (χ3n) is 3.86. The Bertz CT molecular complexity index is 890. The van der Waals surface area contributed by atoms with Gasteiger partial charge < -0.3 is 0 Å². The molecule has 3 aromatic carbocycles. The summed E-state index contributed by atoms with van der Waals surface area (Å²) >= 11 is 5.53. The molecule has 3 N–H and O–H groups in total. The molecule has 0 unspecified atom stereocenters. The first-order valence-corrected chi connectivity index (χ1v) is 9.24. The molecule has 1 aliphatic rings. The number of hydroxylamine groups is 2. The average molecular weight is 449 g/mol. The van der Waals surface area contributed by atoms with Crippen LogP contribution in [0.15, 0.2) is 84.9 Å². The summed E-state index contributed by atoms with van der Waals surface area (Å²) in [5.41, 5.74) is 2.78. The average Bonchev–Trinajstić information content (AvgIpc) is 3.01. The molecule has 0 saturated carbocycles. The lowest BCUT2D eigenvalue weighted by molar-refractivity contribution is -0.0327. The van der Waals surface area contributed by atoms with Gasteiger partial charge in [0.2, 0.25) is 0 Å². The molecule has 6 nitrogen and oxygen atoms in total. The highest BCUT2D eigenvalue weighted by atomic mass is 35.5. The van der Waals surface area contributed by atoms with Crippen LogP contribution in [0, 0.1) is 0 Å². The summed E-state index contributed by atoms with van der Waals surface area (Å²) in [5.74, 6) is 4.16. The Morgan fingerprint density at radius 1 is 0.767 bits per heavy atom. The summed E-state index contributed by atoms with van der Waals surface area (Å²) in [5, 5.41) is 9.05. The fraction of sp³-hybridized carbons (Fsp3) is 0.0909. The predicted molar refractivity (Wildman–Crippen MR) is 117 cm³/mol. The van der Waals surface area contributed by atoms with Crippen LogP contribution in [0.3, 0.4) is 0 Å². The molecule has 0 fully saturated rings. The zero-order valence-electron chi connectivity index (χ0n) is 16.0. The van der Waals surface area contributed by atoms with E-state index in [0.29, 0.717) is 12.5 Å². The fourth-order valence-electron chi connectivity index (χ4n) is 2.41. The van der Waals surface area contributed by atoms with Gasteiger partial charge in [-0.25, -0.2) is 5.90 Å². The molecule has 0 radical (unpaired) electrons. The van der Waals surface area contributed by atoms with Crippen molar-refractivity contribution in [2.75, 3.05) is 0 Å². The van der Waals surface area contributed by atoms with E-state index in [-0.39, 0.29) is 28.6 Å². The van der Waals surface area contributed by atoms with Gasteiger partial charge in [0.1, 0.15) is 0 Å². The summed E-state index contributed by atoms with van der Waals surface area (Å²) in [6.45, 7) is 0.487. The van der Waals surface area contributed by atoms with E-state index in [4.69, 9.17) is 22.7 Å². The van der Waals surface area contributed by atoms with Gasteiger partial charge in [-0.05, 0) is 23.3 Å². The first-order chi connectivity index (χ1) is 14.1. The second-order valence-corrected chi connectivity index (χ2v) is 6.15. The van der Waals surface area contributed by atoms with Gasteiger partial charge in [0, 0.05) is 5.88 Å². The van der Waals surface area contributed by atoms with Crippen LogP contribution >= 0.6 is 24.0 Å². The van der Waals surface area contributed by atoms with Crippen LogP contribution in [0.5, 0.6) is 0 Å². The van der Waals surface area contributed by atoms with Crippen LogP contribution < -0.4 is 5.90 Å². The van der Waals surface area contributed by atoms with Crippen LogP contribution in [-0.2, 0) is 17.3 Å². The molecule has 8 heteroatoms. The van der Waals surface area contributed by atoms with Crippen LogP contribution in [0.2, 0.25) is 0 Å². The molecule has 3 aromatic rings. The number of halogens is 2. The fourth-order valence-corrected chi connectivity index (χ4v) is 2.59. The van der Waals surface area contributed by atoms with Crippen LogP contribution in [0.1, 0.15) is 31.8 Å². The van der Waals surface area contributed by atoms with Crippen molar-refractivity contribution in [1.82, 2.24) is 5.06 Å². The molecule has 1 heterocycles. The number of amides is 2. The quantitative estimate of drug-likeness (QED) is 0.264. The Hall–Kier alpha value is -2.74. The van der Waals surface area contributed by atoms with Crippen molar-refractivity contribution >= 4 is 35.8 Å². The summed E-state index contributed by atoms with van der Waals surface area (Å²) in [4.78, 5) is 26.6. The molecule has 0 aromatic heterocycles. The summed E-state index contributed by atoms with van der Waals surface area (Å²) in [7, 11) is 0. The van der Waals surface area contributed by atoms with Crippen molar-refractivity contribution in [1.29, 1.82) is 0 Å². The number of benzene rings is 3. The van der Waals surface area contributed by atoms with Gasteiger partial charge in [0.05, 0.1) is 17.7 Å². The largest absolute Gasteiger partial charge is 0.300 e. The van der Waals surface area contributed by atoms with E-state index >= 15 is 0 Å². The molecular formula is C22H22Cl2N2O4. The molecule has 2 amide bonds. The molecule has 0 aliphatic carbocycles. The van der Waals surface area contributed by atoms with Gasteiger partial charge in [-0.2, -0.15) is 0 Å². The number of nitrogens with two attached hydrogens (primary N) is 1. The number of nitrogens with zero attached hydrogens (tertiary/aromatic N) is 1. The van der Waals surface area contributed by atoms with Crippen molar-refractivity contribution in [2.45, 2.75) is 12.5 Å². The maximum absolute atomic E-state index is 11.1. The maximum Gasteiger partial charge on any atom is 0.285 e. The smallest absolute Gasteiger partial charge is 0.285 e. The molecule has 158 valence electrons. The molecule has 0 bridgehead atoms. The van der Waals surface area contributed by atoms with E-state index in [0.717, 1.165) is 5.56 Å². The number of fused-ring (bicyclic) bond motifs is 1. The van der Waals surface area contributed by atoms with Gasteiger partial charge in [0.15, 0.2) is 0 Å². The zero-order valence-corrected chi connectivity index (χ0v) is 17.6. The minimum atomic E-state index is -0.657. The number of rotatable bonds is 3. The van der Waals surface area contributed by atoms with Crippen molar-refractivity contribution < 1.29 is 19.6 Å². The van der Waals surface area contributed by atoms with Crippen LogP contribution in [0.25, 0.3) is 0 Å². The number of carbonyl (C=O) groups is 2. The maximum atomic E-state index is 11.1. The standard InChI is InChI=1S/C8H5NO3.C7H7Cl.C7H9NO.ClH/c10-7-5-3-1-2-4-6(5)8(11)9(7)12;8-6-7-4-2-1-3-5-7;8-9-6-7-4-2-1-3-5-7;/h1-4,12H;1-5H,6H2;1-5H,6,8H2;1H. The minimum absolute atomic E-state index is 0. The summed E-state index contributed by atoms with van der Waals surface area (Å²) < 4.78 is 0. The Labute approximate surface area is 186 Å². The molecule has 0 saturated heterocycles. The number of imide groups is 1. The third-order valence-corrected chi connectivity index (χ3v) is 4.17. The number of alkyl halides is 1. The lowest BCUT2D eigenvalue weighted by Gasteiger charge is -1.99. The van der Waals surface area contributed by atoms with Gasteiger partial charge >= 0.3 is 0 Å². The molecule has 0 spiro atoms. The first kappa shape index (κ1) is 25.3. The Balaban J connectivity index is 0.000000227. The van der Waals surface area contributed by atoms with Gasteiger partial charge in [-0.15, -0.1) is 29.1 Å². The molecule has 30 heavy (non-hydrogen) atoms. The van der Waals surface area contributed by atoms with Crippen molar-refractivity contribution in [3.8, 4) is 0 Å². The molecule has 0 atom stereocenters. The second kappa shape index (κ2) is 13.5. The van der Waals surface area contributed by atoms with E-state index < -0.39 is 11.8 Å². The molecular weight excluding hydrogens is 427 g/mol. The van der Waals surface area contributed by atoms with Gasteiger partial charge in [0.25, 0.3) is 11.8 Å². The Kier molecular flexibility index (Phi) is 11.4. The first-order valence-electron chi connectivity index (χ1n) is 8.70. The number of hydrogen-bond donors (Lipinski definition) is 2. The SMILES string of the molecule is Cl.ClCc1ccccc1.NOCc1ccccc1.O=C1c2ccccc2C(=O)N1O. The topological polar surface area (TPSA) is 92.9 Å². The lowest BCUT2D eigenvalue weighted by Crippen LogP contribution is -2.25. The Morgan fingerprint density at radius 2 is 1.17 bits per heavy atom. The normalized spacial score (nSPS) is 11.4. The van der Waals surface area contributed by atoms with E-state index in [9.17, 15) is 9.59 Å². The van der Waals surface area contributed by atoms with Crippen LogP contribution in [-0.4, -0.2) is 22.1 Å². The van der Waals surface area contributed by atoms with E-state index in [1.807, 2.05) is 60.7 Å². The summed E-state index contributed by atoms with van der Waals surface area (Å²) in [6, 6.07) is 26.1. The summed E-state index contributed by atoms with van der Waals surface area (Å²) in [6.07, 6.45) is 0. The van der Waals surface area contributed by atoms with E-state index in [2.05, 4.69) is 4.84 Å². The highest BCUT2D eigenvalue weighted by molar-refractivity contribution is 6.20. The van der Waals surface area contributed by atoms with Gasteiger partial charge in [-0.1, -0.05) is 72.8 Å². The molecule has 1 aliphatic heterocycles. The van der Waals surface area contributed by atoms with Crippen molar-refractivity contribution in [3.05, 3.63) is 107 Å². The van der Waals surface area contributed by atoms with Crippen molar-refractivity contribution in [2.24, 2.45) is 5.90 Å².